The molecule has 0 bridgehead atoms. The molecule has 20 heavy (non-hydrogen) atoms. The van der Waals surface area contributed by atoms with Crippen LogP contribution >= 0.6 is 0 Å². The minimum atomic E-state index is -0.947. The van der Waals surface area contributed by atoms with Crippen LogP contribution in [0.1, 0.15) is 24.1 Å². The van der Waals surface area contributed by atoms with Gasteiger partial charge in [-0.3, -0.25) is 0 Å². The van der Waals surface area contributed by atoms with Crippen LogP contribution in [0.3, 0.4) is 0 Å². The summed E-state index contributed by atoms with van der Waals surface area (Å²) in [5, 5.41) is 0. The second kappa shape index (κ2) is 5.96. The lowest BCUT2D eigenvalue weighted by atomic mass is 10.1. The maximum absolute atomic E-state index is 13.5. The van der Waals surface area contributed by atoms with E-state index in [0.29, 0.717) is 11.3 Å². The zero-order chi connectivity index (χ0) is 14.7. The van der Waals surface area contributed by atoms with Crippen LogP contribution in [0.25, 0.3) is 0 Å². The van der Waals surface area contributed by atoms with E-state index in [1.54, 1.807) is 6.92 Å². The van der Waals surface area contributed by atoms with Crippen molar-refractivity contribution in [1.82, 2.24) is 0 Å². The third-order valence-electron chi connectivity index (χ3n) is 2.88. The molecule has 2 rings (SSSR count). The van der Waals surface area contributed by atoms with Gasteiger partial charge in [0.1, 0.15) is 18.2 Å². The van der Waals surface area contributed by atoms with E-state index in [1.807, 2.05) is 0 Å². The third-order valence-corrected chi connectivity index (χ3v) is 2.88. The zero-order valence-corrected chi connectivity index (χ0v) is 10.9. The van der Waals surface area contributed by atoms with Crippen molar-refractivity contribution < 1.29 is 17.9 Å². The van der Waals surface area contributed by atoms with Crippen LogP contribution in [0.15, 0.2) is 36.4 Å². The van der Waals surface area contributed by atoms with Crippen molar-refractivity contribution in [2.75, 3.05) is 0 Å². The van der Waals surface area contributed by atoms with E-state index in [2.05, 4.69) is 0 Å². The molecule has 0 aromatic heterocycles. The van der Waals surface area contributed by atoms with Crippen LogP contribution in [0.2, 0.25) is 0 Å². The maximum atomic E-state index is 13.5. The fourth-order valence-corrected chi connectivity index (χ4v) is 1.82. The number of benzene rings is 2. The maximum Gasteiger partial charge on any atom is 0.165 e. The summed E-state index contributed by atoms with van der Waals surface area (Å²) < 4.78 is 45.1. The first kappa shape index (κ1) is 14.4. The first-order valence-corrected chi connectivity index (χ1v) is 6.09. The summed E-state index contributed by atoms with van der Waals surface area (Å²) in [5.74, 6) is -1.96. The van der Waals surface area contributed by atoms with Crippen molar-refractivity contribution in [2.24, 2.45) is 5.73 Å². The summed E-state index contributed by atoms with van der Waals surface area (Å²) in [7, 11) is 0. The first-order valence-electron chi connectivity index (χ1n) is 6.09. The quantitative estimate of drug-likeness (QED) is 0.927. The molecule has 2 N–H and O–H groups in total. The van der Waals surface area contributed by atoms with E-state index in [9.17, 15) is 13.2 Å². The van der Waals surface area contributed by atoms with E-state index in [0.717, 1.165) is 6.07 Å². The Balaban J connectivity index is 2.21. The Labute approximate surface area is 115 Å². The van der Waals surface area contributed by atoms with Crippen LogP contribution in [0, 0.1) is 17.5 Å². The summed E-state index contributed by atoms with van der Waals surface area (Å²) >= 11 is 0. The highest BCUT2D eigenvalue weighted by Gasteiger charge is 2.12. The number of hydrogen-bond acceptors (Lipinski definition) is 2. The molecule has 0 amide bonds. The second-order valence-electron chi connectivity index (χ2n) is 4.47. The molecule has 0 aliphatic rings. The largest absolute Gasteiger partial charge is 0.488 e. The number of rotatable bonds is 4. The van der Waals surface area contributed by atoms with Crippen molar-refractivity contribution in [2.45, 2.75) is 19.6 Å². The Bertz CT molecular complexity index is 614. The number of halogens is 3. The Morgan fingerprint density at radius 1 is 1.15 bits per heavy atom. The molecule has 5 heteroatoms. The predicted molar refractivity (Wildman–Crippen MR) is 69.7 cm³/mol. The molecule has 0 spiro atoms. The summed E-state index contributed by atoms with van der Waals surface area (Å²) in [5.41, 5.74) is 6.29. The molecule has 0 heterocycles. The van der Waals surface area contributed by atoms with Gasteiger partial charge in [-0.15, -0.1) is 0 Å². The molecule has 0 unspecified atom stereocenters. The Hall–Kier alpha value is -2.01. The Kier molecular flexibility index (Phi) is 4.29. The smallest absolute Gasteiger partial charge is 0.165 e. The lowest BCUT2D eigenvalue weighted by Crippen LogP contribution is -2.09. The van der Waals surface area contributed by atoms with E-state index in [4.69, 9.17) is 10.5 Å². The lowest BCUT2D eigenvalue weighted by Gasteiger charge is -2.14. The molecule has 2 nitrogen and oxygen atoms in total. The van der Waals surface area contributed by atoms with Gasteiger partial charge in [0.15, 0.2) is 11.6 Å². The van der Waals surface area contributed by atoms with Crippen LogP contribution in [-0.4, -0.2) is 0 Å². The molecule has 0 saturated carbocycles. The second-order valence-corrected chi connectivity index (χ2v) is 4.47. The monoisotopic (exact) mass is 281 g/mol. The van der Waals surface area contributed by atoms with Gasteiger partial charge in [-0.2, -0.15) is 0 Å². The minimum absolute atomic E-state index is 0.0879. The van der Waals surface area contributed by atoms with Gasteiger partial charge in [0.05, 0.1) is 0 Å². The summed E-state index contributed by atoms with van der Waals surface area (Å²) in [4.78, 5) is 0. The average Bonchev–Trinajstić information content (AvgIpc) is 2.41. The SMILES string of the molecule is C[C@H](N)c1cc(F)ccc1OCc1cccc(F)c1F. The molecule has 2 aromatic carbocycles. The van der Waals surface area contributed by atoms with Gasteiger partial charge in [0.2, 0.25) is 0 Å². The molecule has 0 aliphatic heterocycles. The number of hydrogen-bond donors (Lipinski definition) is 1. The molecule has 1 atom stereocenters. The molecule has 106 valence electrons. The van der Waals surface area contributed by atoms with E-state index in [-0.39, 0.29) is 12.2 Å². The predicted octanol–water partition coefficient (Wildman–Crippen LogP) is 3.70. The van der Waals surface area contributed by atoms with Crippen LogP contribution in [0.5, 0.6) is 5.75 Å². The molecular weight excluding hydrogens is 267 g/mol. The van der Waals surface area contributed by atoms with Crippen molar-refractivity contribution in [1.29, 1.82) is 0 Å². The first-order chi connectivity index (χ1) is 9.49. The van der Waals surface area contributed by atoms with Gasteiger partial charge < -0.3 is 10.5 Å². The van der Waals surface area contributed by atoms with Crippen molar-refractivity contribution in [3.05, 3.63) is 65.0 Å². The van der Waals surface area contributed by atoms with Crippen LogP contribution in [-0.2, 0) is 6.61 Å². The minimum Gasteiger partial charge on any atom is -0.488 e. The average molecular weight is 281 g/mol. The van der Waals surface area contributed by atoms with Gasteiger partial charge >= 0.3 is 0 Å². The van der Waals surface area contributed by atoms with Gasteiger partial charge in [-0.1, -0.05) is 12.1 Å². The lowest BCUT2D eigenvalue weighted by molar-refractivity contribution is 0.292. The zero-order valence-electron chi connectivity index (χ0n) is 10.9. The topological polar surface area (TPSA) is 35.2 Å². The number of ether oxygens (including phenoxy) is 1. The third kappa shape index (κ3) is 3.11. The highest BCUT2D eigenvalue weighted by atomic mass is 19.2. The van der Waals surface area contributed by atoms with Gasteiger partial charge in [-0.05, 0) is 31.2 Å². The van der Waals surface area contributed by atoms with Crippen LogP contribution < -0.4 is 10.5 Å². The van der Waals surface area contributed by atoms with Crippen molar-refractivity contribution in [3.63, 3.8) is 0 Å². The van der Waals surface area contributed by atoms with E-state index >= 15 is 0 Å². The summed E-state index contributed by atoms with van der Waals surface area (Å²) in [6, 6.07) is 7.33. The van der Waals surface area contributed by atoms with Crippen molar-refractivity contribution >= 4 is 0 Å². The van der Waals surface area contributed by atoms with Gasteiger partial charge in [0, 0.05) is 17.2 Å². The fraction of sp³-hybridized carbons (Fsp3) is 0.200. The highest BCUT2D eigenvalue weighted by molar-refractivity contribution is 5.36. The van der Waals surface area contributed by atoms with Gasteiger partial charge in [-0.25, -0.2) is 13.2 Å². The van der Waals surface area contributed by atoms with Crippen LogP contribution in [0.4, 0.5) is 13.2 Å². The normalized spacial score (nSPS) is 12.2. The molecule has 2 aromatic rings. The summed E-state index contributed by atoms with van der Waals surface area (Å²) in [6.07, 6.45) is 0. The van der Waals surface area contributed by atoms with E-state index < -0.39 is 23.5 Å². The molecule has 0 radical (unpaired) electrons. The fourth-order valence-electron chi connectivity index (χ4n) is 1.82. The van der Waals surface area contributed by atoms with Gasteiger partial charge in [0.25, 0.3) is 0 Å². The highest BCUT2D eigenvalue weighted by Crippen LogP contribution is 2.26. The Morgan fingerprint density at radius 2 is 1.90 bits per heavy atom. The molecule has 0 saturated heterocycles. The van der Waals surface area contributed by atoms with Crippen molar-refractivity contribution in [3.8, 4) is 5.75 Å². The molecule has 0 fully saturated rings. The Morgan fingerprint density at radius 3 is 2.60 bits per heavy atom. The standard InChI is InChI=1S/C15H14F3NO/c1-9(19)12-7-11(16)5-6-14(12)20-8-10-3-2-4-13(17)15(10)18/h2-7,9H,8,19H2,1H3/t9-/m0/s1. The molecule has 0 aliphatic carbocycles. The van der Waals surface area contributed by atoms with E-state index in [1.165, 1.54) is 30.3 Å². The number of nitrogens with two attached hydrogens (primary N) is 1. The summed E-state index contributed by atoms with van der Waals surface area (Å²) in [6.45, 7) is 1.53. The molecular formula is C15H14F3NO.